The molecule has 0 rings (SSSR count). The number of rotatable bonds is 1. The van der Waals surface area contributed by atoms with Gasteiger partial charge in [0.05, 0.1) is 0 Å². The number of carbonyl (C=O) groups excluding carboxylic acids is 1. The van der Waals surface area contributed by atoms with Crippen molar-refractivity contribution >= 4 is 14.0 Å². The van der Waals surface area contributed by atoms with Gasteiger partial charge in [-0.25, -0.2) is 0 Å². The molecule has 0 bridgehead atoms. The van der Waals surface area contributed by atoms with Gasteiger partial charge in [-0.1, -0.05) is 0 Å². The molecule has 0 aliphatic carbocycles. The Labute approximate surface area is 34.6 Å². The van der Waals surface area contributed by atoms with Crippen LogP contribution < -0.4 is 0 Å². The standard InChI is InChI=1S/CH5O4P/c2-1-6(3,4)5/h1,3-6H. The summed E-state index contributed by atoms with van der Waals surface area (Å²) in [5.74, 6) is 0. The van der Waals surface area contributed by atoms with E-state index < -0.39 is 7.94 Å². The monoisotopic (exact) mass is 112 g/mol. The zero-order chi connectivity index (χ0) is 5.21. The second kappa shape index (κ2) is 1.62. The first kappa shape index (κ1) is 5.98. The number of hydrogen-bond donors (Lipinski definition) is 3. The third-order valence-electron chi connectivity index (χ3n) is 0.158. The van der Waals surface area contributed by atoms with Crippen LogP contribution in [0.2, 0.25) is 0 Å². The van der Waals surface area contributed by atoms with Crippen LogP contribution in [0.15, 0.2) is 0 Å². The van der Waals surface area contributed by atoms with Gasteiger partial charge < -0.3 is 0 Å². The van der Waals surface area contributed by atoms with E-state index >= 15 is 0 Å². The molecule has 0 saturated carbocycles. The van der Waals surface area contributed by atoms with Crippen molar-refractivity contribution in [3.63, 3.8) is 0 Å². The molecule has 0 atom stereocenters. The third-order valence-corrected chi connectivity index (χ3v) is 0.474. The molecule has 0 aromatic heterocycles. The van der Waals surface area contributed by atoms with Gasteiger partial charge in [0.25, 0.3) is 0 Å². The Balaban J connectivity index is 3.45. The molecule has 0 spiro atoms. The van der Waals surface area contributed by atoms with Crippen molar-refractivity contribution in [1.29, 1.82) is 0 Å². The Morgan fingerprint density at radius 2 is 1.50 bits per heavy atom. The number of carbonyl (C=O) groups is 1. The maximum absolute atomic E-state index is 9.14. The molecule has 4 nitrogen and oxygen atoms in total. The summed E-state index contributed by atoms with van der Waals surface area (Å²) in [5.41, 5.74) is 0. The summed E-state index contributed by atoms with van der Waals surface area (Å²) in [4.78, 5) is 32.3. The second-order valence-corrected chi connectivity index (χ2v) is 2.42. The van der Waals surface area contributed by atoms with Crippen LogP contribution in [0, 0.1) is 0 Å². The van der Waals surface area contributed by atoms with E-state index in [9.17, 15) is 0 Å². The van der Waals surface area contributed by atoms with E-state index in [-0.39, 0.29) is 6.03 Å². The fourth-order valence-electron chi connectivity index (χ4n) is 0. The van der Waals surface area contributed by atoms with Crippen molar-refractivity contribution in [2.75, 3.05) is 0 Å². The molecule has 0 aliphatic heterocycles. The van der Waals surface area contributed by atoms with Crippen LogP contribution in [-0.4, -0.2) is 20.7 Å². The summed E-state index contributed by atoms with van der Waals surface area (Å²) in [6.07, 6.45) is 0. The maximum atomic E-state index is 9.14. The van der Waals surface area contributed by atoms with E-state index in [0.717, 1.165) is 0 Å². The minimum absolute atomic E-state index is 0.257. The molecule has 0 aliphatic rings. The molecule has 0 heterocycles. The van der Waals surface area contributed by atoms with Gasteiger partial charge in [0.15, 0.2) is 0 Å². The Hall–Kier alpha value is -0.0200. The Morgan fingerprint density at radius 1 is 1.33 bits per heavy atom. The van der Waals surface area contributed by atoms with E-state index in [1.165, 1.54) is 0 Å². The number of hydrogen-bond acceptors (Lipinski definition) is 4. The van der Waals surface area contributed by atoms with Gasteiger partial charge in [-0.2, -0.15) is 0 Å². The molecular formula is CH5O4P. The molecule has 5 heteroatoms. The van der Waals surface area contributed by atoms with Gasteiger partial charge in [0.2, 0.25) is 0 Å². The molecule has 6 heavy (non-hydrogen) atoms. The van der Waals surface area contributed by atoms with E-state index in [4.69, 9.17) is 19.5 Å². The van der Waals surface area contributed by atoms with Gasteiger partial charge in [-0.05, 0) is 0 Å². The minimum atomic E-state index is -4.31. The van der Waals surface area contributed by atoms with E-state index in [1.54, 1.807) is 0 Å². The van der Waals surface area contributed by atoms with Crippen LogP contribution in [0.5, 0.6) is 0 Å². The van der Waals surface area contributed by atoms with Crippen molar-refractivity contribution in [2.24, 2.45) is 0 Å². The Kier molecular flexibility index (Phi) is 1.61. The zero-order valence-corrected chi connectivity index (χ0v) is 3.83. The first-order valence-electron chi connectivity index (χ1n) is 1.20. The Bertz CT molecular complexity index is 53.1. The topological polar surface area (TPSA) is 77.8 Å². The zero-order valence-electron chi connectivity index (χ0n) is 2.83. The van der Waals surface area contributed by atoms with Gasteiger partial charge in [0, 0.05) is 0 Å². The first-order chi connectivity index (χ1) is 2.56. The van der Waals surface area contributed by atoms with Crippen molar-refractivity contribution < 1.29 is 19.5 Å². The summed E-state index contributed by atoms with van der Waals surface area (Å²) in [6.45, 7) is 0. The molecule has 0 aromatic carbocycles. The predicted molar refractivity (Wildman–Crippen MR) is 21.7 cm³/mol. The molecule has 0 amide bonds. The van der Waals surface area contributed by atoms with Gasteiger partial charge >= 0.3 is 33.4 Å². The fraction of sp³-hybridized carbons (Fsp3) is 0. The fourth-order valence-corrected chi connectivity index (χ4v) is 0. The van der Waals surface area contributed by atoms with E-state index in [0.29, 0.717) is 0 Å². The normalized spacial score (nSPS) is 13.8. The van der Waals surface area contributed by atoms with Crippen LogP contribution in [0.4, 0.5) is 0 Å². The van der Waals surface area contributed by atoms with Gasteiger partial charge in [-0.3, -0.25) is 0 Å². The van der Waals surface area contributed by atoms with Crippen LogP contribution in [0.1, 0.15) is 0 Å². The second-order valence-electron chi connectivity index (χ2n) is 0.805. The van der Waals surface area contributed by atoms with Gasteiger partial charge in [0.1, 0.15) is 0 Å². The molecule has 3 N–H and O–H groups in total. The molecule has 0 unspecified atom stereocenters. The summed E-state index contributed by atoms with van der Waals surface area (Å²) >= 11 is 0. The average Bonchev–Trinajstić information content (AvgIpc) is 1.35. The van der Waals surface area contributed by atoms with Crippen molar-refractivity contribution in [2.45, 2.75) is 0 Å². The van der Waals surface area contributed by atoms with E-state index in [1.807, 2.05) is 0 Å². The molecule has 0 radical (unpaired) electrons. The van der Waals surface area contributed by atoms with Crippen LogP contribution in [0.25, 0.3) is 0 Å². The van der Waals surface area contributed by atoms with Crippen LogP contribution in [-0.2, 0) is 4.79 Å². The summed E-state index contributed by atoms with van der Waals surface area (Å²) in [5, 5.41) is 0. The SMILES string of the molecule is O=C[PH](O)(O)O. The molecular weight excluding hydrogens is 107 g/mol. The predicted octanol–water partition coefficient (Wildman–Crippen LogP) is -1.35. The molecule has 38 valence electrons. The quantitative estimate of drug-likeness (QED) is 0.289. The van der Waals surface area contributed by atoms with Crippen molar-refractivity contribution in [1.82, 2.24) is 0 Å². The summed E-state index contributed by atoms with van der Waals surface area (Å²) < 4.78 is 0. The third kappa shape index (κ3) is 3.98. The van der Waals surface area contributed by atoms with E-state index in [2.05, 4.69) is 0 Å². The summed E-state index contributed by atoms with van der Waals surface area (Å²) in [6, 6.07) is -0.257. The molecule has 0 fully saturated rings. The van der Waals surface area contributed by atoms with Crippen LogP contribution >= 0.6 is 7.94 Å². The Morgan fingerprint density at radius 3 is 1.50 bits per heavy atom. The van der Waals surface area contributed by atoms with Gasteiger partial charge in [-0.15, -0.1) is 0 Å². The first-order valence-corrected chi connectivity index (χ1v) is 3.11. The summed E-state index contributed by atoms with van der Waals surface area (Å²) in [7, 11) is -4.31. The molecule has 0 aromatic rings. The average molecular weight is 112 g/mol. The van der Waals surface area contributed by atoms with Crippen LogP contribution in [0.3, 0.4) is 0 Å². The van der Waals surface area contributed by atoms with Crippen molar-refractivity contribution in [3.8, 4) is 0 Å². The van der Waals surface area contributed by atoms with Crippen molar-refractivity contribution in [3.05, 3.63) is 0 Å². The molecule has 0 saturated heterocycles.